The number of hydrogen-bond acceptors (Lipinski definition) is 2. The highest BCUT2D eigenvalue weighted by molar-refractivity contribution is 9.10. The van der Waals surface area contributed by atoms with E-state index in [4.69, 9.17) is 0 Å². The predicted molar refractivity (Wildman–Crippen MR) is 59.2 cm³/mol. The van der Waals surface area contributed by atoms with Gasteiger partial charge in [-0.2, -0.15) is 0 Å². The van der Waals surface area contributed by atoms with Crippen LogP contribution in [0.1, 0.15) is 19.7 Å². The fourth-order valence-corrected chi connectivity index (χ4v) is 1.97. The zero-order valence-electron chi connectivity index (χ0n) is 8.24. The third-order valence-corrected chi connectivity index (χ3v) is 2.65. The van der Waals surface area contributed by atoms with Crippen molar-refractivity contribution < 1.29 is 0 Å². The molecule has 0 unspecified atom stereocenters. The van der Waals surface area contributed by atoms with Gasteiger partial charge in [0.15, 0.2) is 0 Å². The highest BCUT2D eigenvalue weighted by Gasteiger charge is 2.09. The molecule has 14 heavy (non-hydrogen) atoms. The minimum Gasteiger partial charge on any atom is -0.300 e. The van der Waals surface area contributed by atoms with Crippen molar-refractivity contribution in [2.45, 2.75) is 20.3 Å². The minimum absolute atomic E-state index is 0.612. The average Bonchev–Trinajstić information content (AvgIpc) is 2.44. The molecule has 0 aliphatic carbocycles. The van der Waals surface area contributed by atoms with Crippen LogP contribution in [-0.4, -0.2) is 14.4 Å². The first-order valence-corrected chi connectivity index (χ1v) is 5.44. The number of rotatable bonds is 2. The first-order valence-electron chi connectivity index (χ1n) is 4.65. The molecule has 0 aliphatic heterocycles. The van der Waals surface area contributed by atoms with Crippen LogP contribution in [0.5, 0.6) is 0 Å². The highest BCUT2D eigenvalue weighted by atomic mass is 79.9. The predicted octanol–water partition coefficient (Wildman–Crippen LogP) is 2.69. The molecular weight excluding hydrogens is 242 g/mol. The van der Waals surface area contributed by atoms with E-state index in [0.29, 0.717) is 5.92 Å². The Labute approximate surface area is 91.3 Å². The van der Waals surface area contributed by atoms with Crippen LogP contribution in [0.25, 0.3) is 5.52 Å². The van der Waals surface area contributed by atoms with Crippen molar-refractivity contribution in [2.24, 2.45) is 5.92 Å². The standard InChI is InChI=1S/C10H12BrN3/c1-7(2)5-9-13-10(11)8-6-12-3-4-14(8)9/h3-4,6-7H,5H2,1-2H3. The van der Waals surface area contributed by atoms with Crippen molar-refractivity contribution in [2.75, 3.05) is 0 Å². The Kier molecular flexibility index (Phi) is 2.54. The van der Waals surface area contributed by atoms with Crippen LogP contribution in [0.15, 0.2) is 23.2 Å². The van der Waals surface area contributed by atoms with Crippen LogP contribution in [0.3, 0.4) is 0 Å². The fourth-order valence-electron chi connectivity index (χ4n) is 1.47. The third kappa shape index (κ3) is 1.66. The smallest absolute Gasteiger partial charge is 0.133 e. The van der Waals surface area contributed by atoms with Gasteiger partial charge >= 0.3 is 0 Å². The van der Waals surface area contributed by atoms with E-state index in [9.17, 15) is 0 Å². The van der Waals surface area contributed by atoms with Gasteiger partial charge in [0.1, 0.15) is 10.4 Å². The molecule has 0 saturated heterocycles. The molecule has 0 fully saturated rings. The van der Waals surface area contributed by atoms with Gasteiger partial charge in [0, 0.05) is 18.8 Å². The van der Waals surface area contributed by atoms with Gasteiger partial charge in [0.2, 0.25) is 0 Å². The van der Waals surface area contributed by atoms with Crippen molar-refractivity contribution in [1.82, 2.24) is 14.4 Å². The van der Waals surface area contributed by atoms with Crippen molar-refractivity contribution in [1.29, 1.82) is 0 Å². The van der Waals surface area contributed by atoms with Crippen molar-refractivity contribution in [3.05, 3.63) is 29.0 Å². The second-order valence-electron chi connectivity index (χ2n) is 3.75. The van der Waals surface area contributed by atoms with E-state index >= 15 is 0 Å². The van der Waals surface area contributed by atoms with Crippen LogP contribution in [-0.2, 0) is 6.42 Å². The molecule has 2 heterocycles. The molecule has 0 amide bonds. The van der Waals surface area contributed by atoms with Gasteiger partial charge in [-0.3, -0.25) is 9.38 Å². The van der Waals surface area contributed by atoms with Gasteiger partial charge < -0.3 is 0 Å². The largest absolute Gasteiger partial charge is 0.300 e. The van der Waals surface area contributed by atoms with Crippen LogP contribution >= 0.6 is 15.9 Å². The van der Waals surface area contributed by atoms with E-state index in [1.165, 1.54) is 0 Å². The molecule has 0 spiro atoms. The van der Waals surface area contributed by atoms with Gasteiger partial charge in [-0.05, 0) is 21.8 Å². The van der Waals surface area contributed by atoms with Crippen LogP contribution in [0.4, 0.5) is 0 Å². The summed E-state index contributed by atoms with van der Waals surface area (Å²) in [7, 11) is 0. The Hall–Kier alpha value is -0.900. The van der Waals surface area contributed by atoms with E-state index in [2.05, 4.69) is 44.1 Å². The fraction of sp³-hybridized carbons (Fsp3) is 0.400. The SMILES string of the molecule is CC(C)Cc1nc(Br)c2cnccn12. The molecule has 0 radical (unpaired) electrons. The molecule has 0 saturated carbocycles. The monoisotopic (exact) mass is 253 g/mol. The topological polar surface area (TPSA) is 30.2 Å². The van der Waals surface area contributed by atoms with Gasteiger partial charge in [-0.1, -0.05) is 13.8 Å². The molecule has 2 aromatic heterocycles. The summed E-state index contributed by atoms with van der Waals surface area (Å²) in [6.07, 6.45) is 6.54. The van der Waals surface area contributed by atoms with E-state index in [1.54, 1.807) is 6.20 Å². The lowest BCUT2D eigenvalue weighted by atomic mass is 10.1. The zero-order chi connectivity index (χ0) is 10.1. The molecule has 0 bridgehead atoms. The molecule has 0 aromatic carbocycles. The number of aromatic nitrogens is 3. The second-order valence-corrected chi connectivity index (χ2v) is 4.50. The maximum Gasteiger partial charge on any atom is 0.133 e. The summed E-state index contributed by atoms with van der Waals surface area (Å²) in [5.74, 6) is 1.70. The van der Waals surface area contributed by atoms with Crippen molar-refractivity contribution in [3.63, 3.8) is 0 Å². The number of halogens is 1. The first-order chi connectivity index (χ1) is 6.68. The minimum atomic E-state index is 0.612. The van der Waals surface area contributed by atoms with Crippen molar-refractivity contribution >= 4 is 21.4 Å². The average molecular weight is 254 g/mol. The summed E-state index contributed by atoms with van der Waals surface area (Å²) in [6, 6.07) is 0. The van der Waals surface area contributed by atoms with Crippen LogP contribution in [0.2, 0.25) is 0 Å². The summed E-state index contributed by atoms with van der Waals surface area (Å²) >= 11 is 3.44. The Morgan fingerprint density at radius 1 is 1.50 bits per heavy atom. The quantitative estimate of drug-likeness (QED) is 0.824. The third-order valence-electron chi connectivity index (χ3n) is 2.07. The van der Waals surface area contributed by atoms with E-state index in [1.807, 2.05) is 12.4 Å². The molecule has 74 valence electrons. The van der Waals surface area contributed by atoms with Crippen LogP contribution in [0, 0.1) is 5.92 Å². The normalized spacial score (nSPS) is 11.4. The summed E-state index contributed by atoms with van der Waals surface area (Å²) < 4.78 is 2.96. The number of imidazole rings is 1. The number of nitrogens with zero attached hydrogens (tertiary/aromatic N) is 3. The number of hydrogen-bond donors (Lipinski definition) is 0. The Bertz CT molecular complexity index is 448. The summed E-state index contributed by atoms with van der Waals surface area (Å²) in [4.78, 5) is 8.54. The number of fused-ring (bicyclic) bond motifs is 1. The lowest BCUT2D eigenvalue weighted by Gasteiger charge is -2.02. The molecule has 4 heteroatoms. The van der Waals surface area contributed by atoms with Crippen LogP contribution < -0.4 is 0 Å². The second kappa shape index (κ2) is 3.69. The first kappa shape index (κ1) is 9.65. The summed E-state index contributed by atoms with van der Waals surface area (Å²) in [5, 5.41) is 0. The summed E-state index contributed by atoms with van der Waals surface area (Å²) in [5.41, 5.74) is 1.03. The van der Waals surface area contributed by atoms with E-state index < -0.39 is 0 Å². The summed E-state index contributed by atoms with van der Waals surface area (Å²) in [6.45, 7) is 4.38. The maximum atomic E-state index is 4.47. The molecular formula is C10H12BrN3. The van der Waals surface area contributed by atoms with Gasteiger partial charge in [0.25, 0.3) is 0 Å². The van der Waals surface area contributed by atoms with Crippen molar-refractivity contribution in [3.8, 4) is 0 Å². The Morgan fingerprint density at radius 3 is 3.00 bits per heavy atom. The van der Waals surface area contributed by atoms with Gasteiger partial charge in [-0.15, -0.1) is 0 Å². The Balaban J connectivity index is 2.55. The lowest BCUT2D eigenvalue weighted by Crippen LogP contribution is -2.00. The molecule has 2 aromatic rings. The lowest BCUT2D eigenvalue weighted by molar-refractivity contribution is 0.618. The van der Waals surface area contributed by atoms with E-state index in [0.717, 1.165) is 22.4 Å². The molecule has 3 nitrogen and oxygen atoms in total. The van der Waals surface area contributed by atoms with E-state index in [-0.39, 0.29) is 0 Å². The Morgan fingerprint density at radius 2 is 2.29 bits per heavy atom. The molecule has 0 N–H and O–H groups in total. The highest BCUT2D eigenvalue weighted by Crippen LogP contribution is 2.19. The van der Waals surface area contributed by atoms with Gasteiger partial charge in [0.05, 0.1) is 11.7 Å². The molecule has 2 rings (SSSR count). The molecule has 0 aliphatic rings. The zero-order valence-corrected chi connectivity index (χ0v) is 9.82. The van der Waals surface area contributed by atoms with Gasteiger partial charge in [-0.25, -0.2) is 4.98 Å². The maximum absolute atomic E-state index is 4.47. The molecule has 0 atom stereocenters.